The van der Waals surface area contributed by atoms with Crippen LogP contribution in [0.2, 0.25) is 0 Å². The Labute approximate surface area is 224 Å². The van der Waals surface area contributed by atoms with Crippen molar-refractivity contribution in [1.29, 1.82) is 0 Å². The molecule has 4 aromatic carbocycles. The van der Waals surface area contributed by atoms with Gasteiger partial charge < -0.3 is 4.74 Å². The Hall–Kier alpha value is -2.89. The Morgan fingerprint density at radius 3 is 1.38 bits per heavy atom. The second-order valence-corrected chi connectivity index (χ2v) is 15.6. The first-order valence-electron chi connectivity index (χ1n) is 13.5. The Bertz CT molecular complexity index is 1260. The maximum atomic E-state index is 6.21. The number of rotatable bonds is 6. The molecule has 0 aliphatic heterocycles. The summed E-state index contributed by atoms with van der Waals surface area (Å²) in [5.74, 6) is 1.02. The van der Waals surface area contributed by atoms with Gasteiger partial charge in [0.05, 0.1) is 7.11 Å². The van der Waals surface area contributed by atoms with Crippen LogP contribution in [-0.4, -0.2) is 7.11 Å². The van der Waals surface area contributed by atoms with Crippen molar-refractivity contribution in [1.82, 2.24) is 0 Å². The first-order chi connectivity index (χ1) is 17.7. The van der Waals surface area contributed by atoms with Crippen molar-refractivity contribution in [2.75, 3.05) is 7.11 Å². The number of hydrogen-bond donors (Lipinski definition) is 0. The summed E-state index contributed by atoms with van der Waals surface area (Å²) < 4.78 is 6.21. The third-order valence-electron chi connectivity index (χ3n) is 8.72. The Balaban J connectivity index is 1.85. The zero-order valence-electron chi connectivity index (χ0n) is 23.2. The molecule has 1 aliphatic carbocycles. The number of benzene rings is 4. The molecule has 5 rings (SSSR count). The largest absolute Gasteiger partial charge is 0.496 e. The summed E-state index contributed by atoms with van der Waals surface area (Å²) in [5, 5.41) is 4.21. The molecule has 1 unspecified atom stereocenters. The van der Waals surface area contributed by atoms with Crippen molar-refractivity contribution < 1.29 is 4.74 Å². The van der Waals surface area contributed by atoms with E-state index in [1.807, 2.05) is 7.11 Å². The monoisotopic (exact) mass is 507 g/mol. The van der Waals surface area contributed by atoms with Gasteiger partial charge in [-0.05, 0) is 90.3 Å². The van der Waals surface area contributed by atoms with Gasteiger partial charge in [0.1, 0.15) is 34.6 Å². The highest BCUT2D eigenvalue weighted by atomic mass is 31.2. The molecule has 0 aromatic heterocycles. The number of hydrogen-bond acceptors (Lipinski definition) is 1. The summed E-state index contributed by atoms with van der Waals surface area (Å²) in [7, 11) is -0.256. The fourth-order valence-corrected chi connectivity index (χ4v) is 11.2. The van der Waals surface area contributed by atoms with Crippen LogP contribution in [0.15, 0.2) is 103 Å². The fourth-order valence-electron chi connectivity index (χ4n) is 6.43. The quantitative estimate of drug-likeness (QED) is 0.240. The van der Waals surface area contributed by atoms with Crippen LogP contribution in [0.25, 0.3) is 0 Å². The first kappa shape index (κ1) is 25.7. The summed E-state index contributed by atoms with van der Waals surface area (Å²) in [6, 6.07) is 38.4. The van der Waals surface area contributed by atoms with E-state index in [0.29, 0.717) is 0 Å². The molecule has 37 heavy (non-hydrogen) atoms. The number of methoxy groups -OCH3 is 1. The van der Waals surface area contributed by atoms with Crippen LogP contribution in [0.1, 0.15) is 69.8 Å². The smallest absolute Gasteiger partial charge is 0.126 e. The van der Waals surface area contributed by atoms with Gasteiger partial charge in [-0.15, -0.1) is 0 Å². The predicted molar refractivity (Wildman–Crippen MR) is 162 cm³/mol. The molecule has 0 heterocycles. The Morgan fingerprint density at radius 2 is 1.00 bits per heavy atom. The average molecular weight is 508 g/mol. The standard InChI is InChI=1S/C35H40OP/c1-26(30-24-31-32(25-33(30)36-6)35(4,5)23-22-34(31,2)3)37(27-16-10-7-11-17-27,28-18-12-8-13-19-28)29-20-14-9-15-21-29/h7-21,24-26H,22-23H2,1-6H3/q+1. The van der Waals surface area contributed by atoms with Crippen LogP contribution >= 0.6 is 7.26 Å². The minimum Gasteiger partial charge on any atom is -0.496 e. The van der Waals surface area contributed by atoms with Crippen LogP contribution in [0.3, 0.4) is 0 Å². The van der Waals surface area contributed by atoms with E-state index in [4.69, 9.17) is 4.74 Å². The molecular weight excluding hydrogens is 467 g/mol. The lowest BCUT2D eigenvalue weighted by Crippen LogP contribution is -2.36. The van der Waals surface area contributed by atoms with E-state index in [1.165, 1.54) is 45.4 Å². The van der Waals surface area contributed by atoms with Crippen LogP contribution in [-0.2, 0) is 10.8 Å². The van der Waals surface area contributed by atoms with Gasteiger partial charge in [0, 0.05) is 5.56 Å². The van der Waals surface area contributed by atoms with Gasteiger partial charge in [-0.1, -0.05) is 82.3 Å². The van der Waals surface area contributed by atoms with Gasteiger partial charge in [0.25, 0.3) is 0 Å². The summed E-state index contributed by atoms with van der Waals surface area (Å²) >= 11 is 0. The van der Waals surface area contributed by atoms with Crippen LogP contribution in [0.4, 0.5) is 0 Å². The predicted octanol–water partition coefficient (Wildman–Crippen LogP) is 8.10. The van der Waals surface area contributed by atoms with Gasteiger partial charge in [-0.2, -0.15) is 0 Å². The van der Waals surface area contributed by atoms with Gasteiger partial charge in [-0.25, -0.2) is 0 Å². The molecule has 2 heteroatoms. The van der Waals surface area contributed by atoms with Crippen LogP contribution in [0.5, 0.6) is 5.75 Å². The highest BCUT2D eigenvalue weighted by molar-refractivity contribution is 7.95. The molecule has 1 nitrogen and oxygen atoms in total. The van der Waals surface area contributed by atoms with Crippen molar-refractivity contribution >= 4 is 23.2 Å². The lowest BCUT2D eigenvalue weighted by Gasteiger charge is -2.43. The third-order valence-corrected chi connectivity index (χ3v) is 13.5. The molecule has 0 radical (unpaired) electrons. The van der Waals surface area contributed by atoms with Gasteiger partial charge in [0.2, 0.25) is 0 Å². The third kappa shape index (κ3) is 4.32. The van der Waals surface area contributed by atoms with E-state index in [0.717, 1.165) is 5.75 Å². The van der Waals surface area contributed by atoms with Crippen LogP contribution in [0, 0.1) is 0 Å². The maximum Gasteiger partial charge on any atom is 0.126 e. The second kappa shape index (κ2) is 9.77. The minimum absolute atomic E-state index is 0.138. The number of ether oxygens (including phenoxy) is 1. The second-order valence-electron chi connectivity index (χ2n) is 11.8. The van der Waals surface area contributed by atoms with Gasteiger partial charge in [-0.3, -0.25) is 0 Å². The molecular formula is C35H40OP+. The van der Waals surface area contributed by atoms with Gasteiger partial charge in [0.15, 0.2) is 0 Å². The SMILES string of the molecule is COc1cc2c(cc1C(C)[P+](c1ccccc1)(c1ccccc1)c1ccccc1)C(C)(C)CCC2(C)C. The molecule has 1 atom stereocenters. The molecule has 0 spiro atoms. The number of fused-ring (bicyclic) bond motifs is 1. The van der Waals surface area contributed by atoms with E-state index in [2.05, 4.69) is 138 Å². The molecule has 0 saturated heterocycles. The average Bonchev–Trinajstić information content (AvgIpc) is 2.93. The Kier molecular flexibility index (Phi) is 6.80. The lowest BCUT2D eigenvalue weighted by atomic mass is 9.63. The van der Waals surface area contributed by atoms with Crippen molar-refractivity contribution in [3.8, 4) is 5.75 Å². The van der Waals surface area contributed by atoms with Crippen LogP contribution < -0.4 is 20.7 Å². The summed E-state index contributed by atoms with van der Waals surface area (Å²) in [6.45, 7) is 12.0. The van der Waals surface area contributed by atoms with Crippen molar-refractivity contribution in [2.24, 2.45) is 0 Å². The molecule has 4 aromatic rings. The normalized spacial score (nSPS) is 17.0. The fraction of sp³-hybridized carbons (Fsp3) is 0.314. The summed E-state index contributed by atoms with van der Waals surface area (Å²) in [4.78, 5) is 0. The van der Waals surface area contributed by atoms with Crippen molar-refractivity contribution in [2.45, 2.75) is 63.9 Å². The Morgan fingerprint density at radius 1 is 0.622 bits per heavy atom. The van der Waals surface area contributed by atoms with E-state index in [-0.39, 0.29) is 16.5 Å². The van der Waals surface area contributed by atoms with E-state index >= 15 is 0 Å². The highest BCUT2D eigenvalue weighted by Gasteiger charge is 2.52. The first-order valence-corrected chi connectivity index (χ1v) is 15.4. The maximum absolute atomic E-state index is 6.21. The molecule has 0 N–H and O–H groups in total. The summed E-state index contributed by atoms with van der Waals surface area (Å²) in [6.07, 6.45) is 2.39. The summed E-state index contributed by atoms with van der Waals surface area (Å²) in [5.41, 5.74) is 4.75. The molecule has 1 aliphatic rings. The molecule has 190 valence electrons. The molecule has 0 fully saturated rings. The van der Waals surface area contributed by atoms with Crippen molar-refractivity contribution in [3.63, 3.8) is 0 Å². The molecule has 0 saturated carbocycles. The lowest BCUT2D eigenvalue weighted by molar-refractivity contribution is 0.328. The molecule has 0 amide bonds. The van der Waals surface area contributed by atoms with E-state index in [1.54, 1.807) is 0 Å². The van der Waals surface area contributed by atoms with Crippen molar-refractivity contribution in [3.05, 3.63) is 120 Å². The zero-order chi connectivity index (χ0) is 26.3. The highest BCUT2D eigenvalue weighted by Crippen LogP contribution is 2.68. The minimum atomic E-state index is -2.10. The molecule has 0 bridgehead atoms. The van der Waals surface area contributed by atoms with E-state index < -0.39 is 7.26 Å². The van der Waals surface area contributed by atoms with E-state index in [9.17, 15) is 0 Å². The van der Waals surface area contributed by atoms with Gasteiger partial charge >= 0.3 is 0 Å². The zero-order valence-corrected chi connectivity index (χ0v) is 24.1. The topological polar surface area (TPSA) is 9.23 Å².